The van der Waals surface area contributed by atoms with Gasteiger partial charge in [0.1, 0.15) is 5.75 Å². The Labute approximate surface area is 271 Å². The zero-order valence-electron chi connectivity index (χ0n) is 27.3. The molecule has 1 aromatic heterocycles. The van der Waals surface area contributed by atoms with Gasteiger partial charge in [-0.05, 0) is 74.1 Å². The molecular formula is C37H47F3N2O4. The summed E-state index contributed by atoms with van der Waals surface area (Å²) in [4.78, 5) is 34.4. The van der Waals surface area contributed by atoms with Gasteiger partial charge in [-0.25, -0.2) is 19.6 Å². The first-order chi connectivity index (χ1) is 22.1. The standard InChI is InChI=1S/C37H47F3N2O4/c1-4-6-8-10-11-12-13-15-17-33(37(38,39)40)46-36(44)32-23-22-31(24-27(32)3)45-35(43)30-20-18-29(19-21-30)34-41-25-28(26-42-34)16-14-9-7-5-2/h18-26,33H,4-17H2,1-3H3/t33-/m0/s1. The molecule has 0 unspecified atom stereocenters. The van der Waals surface area contributed by atoms with Crippen molar-refractivity contribution in [2.45, 2.75) is 123 Å². The monoisotopic (exact) mass is 640 g/mol. The molecule has 6 nitrogen and oxygen atoms in total. The molecule has 250 valence electrons. The van der Waals surface area contributed by atoms with Crippen LogP contribution in [0.3, 0.4) is 0 Å². The molecule has 2 aromatic carbocycles. The number of nitrogens with zero attached hydrogens (tertiary/aromatic N) is 2. The maximum atomic E-state index is 13.6. The van der Waals surface area contributed by atoms with Gasteiger partial charge in [0.15, 0.2) is 11.9 Å². The molecule has 0 spiro atoms. The fourth-order valence-corrected chi connectivity index (χ4v) is 5.18. The lowest BCUT2D eigenvalue weighted by atomic mass is 10.0. The number of hydrogen-bond acceptors (Lipinski definition) is 6. The third-order valence-corrected chi connectivity index (χ3v) is 7.97. The van der Waals surface area contributed by atoms with Gasteiger partial charge in [-0.15, -0.1) is 0 Å². The summed E-state index contributed by atoms with van der Waals surface area (Å²) in [5.74, 6) is -0.958. The number of rotatable bonds is 19. The second-order valence-corrected chi connectivity index (χ2v) is 11.9. The average molecular weight is 641 g/mol. The maximum Gasteiger partial charge on any atom is 0.425 e. The van der Waals surface area contributed by atoms with Gasteiger partial charge in [-0.3, -0.25) is 0 Å². The van der Waals surface area contributed by atoms with E-state index in [0.29, 0.717) is 29.8 Å². The Morgan fingerprint density at radius 2 is 1.35 bits per heavy atom. The van der Waals surface area contributed by atoms with Gasteiger partial charge in [-0.2, -0.15) is 13.2 Å². The molecular weight excluding hydrogens is 593 g/mol. The van der Waals surface area contributed by atoms with Crippen LogP contribution in [0, 0.1) is 6.92 Å². The Morgan fingerprint density at radius 3 is 1.93 bits per heavy atom. The normalized spacial score (nSPS) is 12.1. The summed E-state index contributed by atoms with van der Waals surface area (Å²) in [5.41, 5.74) is 2.47. The van der Waals surface area contributed by atoms with Crippen LogP contribution in [0.25, 0.3) is 11.4 Å². The minimum absolute atomic E-state index is 0.0127. The van der Waals surface area contributed by atoms with Crippen LogP contribution in [0.2, 0.25) is 0 Å². The Kier molecular flexibility index (Phi) is 15.2. The fourth-order valence-electron chi connectivity index (χ4n) is 5.18. The molecule has 0 N–H and O–H groups in total. The van der Waals surface area contributed by atoms with E-state index in [2.05, 4.69) is 23.8 Å². The highest BCUT2D eigenvalue weighted by Gasteiger charge is 2.42. The van der Waals surface area contributed by atoms with Crippen molar-refractivity contribution >= 4 is 11.9 Å². The number of aryl methyl sites for hydroxylation is 2. The maximum absolute atomic E-state index is 13.6. The van der Waals surface area contributed by atoms with Crippen molar-refractivity contribution in [3.05, 3.63) is 77.1 Å². The molecule has 0 aliphatic heterocycles. The smallest absolute Gasteiger partial charge is 0.425 e. The number of unbranched alkanes of at least 4 members (excludes halogenated alkanes) is 10. The van der Waals surface area contributed by atoms with Crippen LogP contribution in [0.1, 0.15) is 129 Å². The number of alkyl halides is 3. The molecule has 0 fully saturated rings. The number of benzene rings is 2. The molecule has 1 heterocycles. The molecule has 0 amide bonds. The molecule has 0 saturated heterocycles. The van der Waals surface area contributed by atoms with E-state index in [1.54, 1.807) is 31.2 Å². The zero-order chi connectivity index (χ0) is 33.4. The van der Waals surface area contributed by atoms with Gasteiger partial charge in [0.05, 0.1) is 11.1 Å². The van der Waals surface area contributed by atoms with Crippen molar-refractivity contribution in [2.75, 3.05) is 0 Å². The highest BCUT2D eigenvalue weighted by Crippen LogP contribution is 2.29. The Morgan fingerprint density at radius 1 is 0.761 bits per heavy atom. The molecule has 9 heteroatoms. The number of ether oxygens (including phenoxy) is 2. The van der Waals surface area contributed by atoms with Crippen LogP contribution in [0.4, 0.5) is 13.2 Å². The lowest BCUT2D eigenvalue weighted by Crippen LogP contribution is -2.34. The van der Waals surface area contributed by atoms with Crippen molar-refractivity contribution in [3.8, 4) is 17.1 Å². The Balaban J connectivity index is 1.53. The Hall–Kier alpha value is -3.75. The number of esters is 2. The number of carbonyl (C=O) groups is 2. The van der Waals surface area contributed by atoms with E-state index in [1.807, 2.05) is 12.4 Å². The average Bonchev–Trinajstić information content (AvgIpc) is 3.03. The molecule has 3 rings (SSSR count). The van der Waals surface area contributed by atoms with Crippen LogP contribution in [0.15, 0.2) is 54.9 Å². The summed E-state index contributed by atoms with van der Waals surface area (Å²) in [6.07, 6.45) is 9.65. The minimum atomic E-state index is -4.65. The van der Waals surface area contributed by atoms with Crippen molar-refractivity contribution in [1.82, 2.24) is 9.97 Å². The summed E-state index contributed by atoms with van der Waals surface area (Å²) in [7, 11) is 0. The third-order valence-electron chi connectivity index (χ3n) is 7.97. The van der Waals surface area contributed by atoms with E-state index in [-0.39, 0.29) is 17.7 Å². The molecule has 0 radical (unpaired) electrons. The van der Waals surface area contributed by atoms with Gasteiger partial charge in [0.25, 0.3) is 0 Å². The lowest BCUT2D eigenvalue weighted by Gasteiger charge is -2.21. The summed E-state index contributed by atoms with van der Waals surface area (Å²) in [6, 6.07) is 10.8. The number of carbonyl (C=O) groups excluding carboxylic acids is 2. The minimum Gasteiger partial charge on any atom is -0.449 e. The molecule has 3 aromatic rings. The Bertz CT molecular complexity index is 1360. The van der Waals surface area contributed by atoms with E-state index >= 15 is 0 Å². The van der Waals surface area contributed by atoms with Crippen molar-refractivity contribution in [2.24, 2.45) is 0 Å². The van der Waals surface area contributed by atoms with E-state index < -0.39 is 24.2 Å². The summed E-state index contributed by atoms with van der Waals surface area (Å²) in [6.45, 7) is 5.87. The zero-order valence-corrected chi connectivity index (χ0v) is 27.3. The molecule has 1 atom stereocenters. The number of aromatic nitrogens is 2. The summed E-state index contributed by atoms with van der Waals surface area (Å²) >= 11 is 0. The second-order valence-electron chi connectivity index (χ2n) is 11.9. The molecule has 0 aliphatic carbocycles. The third kappa shape index (κ3) is 12.2. The van der Waals surface area contributed by atoms with Crippen LogP contribution in [0.5, 0.6) is 5.75 Å². The van der Waals surface area contributed by atoms with E-state index in [1.165, 1.54) is 43.9 Å². The van der Waals surface area contributed by atoms with E-state index in [4.69, 9.17) is 9.47 Å². The SMILES string of the molecule is CCCCCCCCCC[C@H](OC(=O)c1ccc(OC(=O)c2ccc(-c3ncc(CCCCCC)cn3)cc2)cc1C)C(F)(F)F. The first-order valence-electron chi connectivity index (χ1n) is 16.6. The summed E-state index contributed by atoms with van der Waals surface area (Å²) in [5, 5.41) is 0. The fraction of sp³-hybridized carbons (Fsp3) is 0.514. The van der Waals surface area contributed by atoms with E-state index in [0.717, 1.165) is 56.1 Å². The van der Waals surface area contributed by atoms with Gasteiger partial charge in [0.2, 0.25) is 0 Å². The van der Waals surface area contributed by atoms with Crippen molar-refractivity contribution < 1.29 is 32.2 Å². The van der Waals surface area contributed by atoms with Crippen LogP contribution < -0.4 is 4.74 Å². The second kappa shape index (κ2) is 19.0. The number of halogens is 3. The predicted octanol–water partition coefficient (Wildman–Crippen LogP) is 10.4. The van der Waals surface area contributed by atoms with E-state index in [9.17, 15) is 22.8 Å². The molecule has 46 heavy (non-hydrogen) atoms. The highest BCUT2D eigenvalue weighted by atomic mass is 19.4. The molecule has 0 bridgehead atoms. The highest BCUT2D eigenvalue weighted by molar-refractivity contribution is 5.93. The van der Waals surface area contributed by atoms with Crippen molar-refractivity contribution in [1.29, 1.82) is 0 Å². The van der Waals surface area contributed by atoms with Crippen LogP contribution in [-0.2, 0) is 11.2 Å². The van der Waals surface area contributed by atoms with Gasteiger partial charge >= 0.3 is 18.1 Å². The van der Waals surface area contributed by atoms with Gasteiger partial charge in [0, 0.05) is 18.0 Å². The van der Waals surface area contributed by atoms with Gasteiger partial charge < -0.3 is 9.47 Å². The summed E-state index contributed by atoms with van der Waals surface area (Å²) < 4.78 is 51.3. The van der Waals surface area contributed by atoms with Crippen molar-refractivity contribution in [3.63, 3.8) is 0 Å². The van der Waals surface area contributed by atoms with Gasteiger partial charge in [-0.1, -0.05) is 90.2 Å². The first kappa shape index (κ1) is 36.7. The predicted molar refractivity (Wildman–Crippen MR) is 174 cm³/mol. The largest absolute Gasteiger partial charge is 0.449 e. The lowest BCUT2D eigenvalue weighted by molar-refractivity contribution is -0.206. The topological polar surface area (TPSA) is 78.4 Å². The van der Waals surface area contributed by atoms with Crippen LogP contribution in [-0.4, -0.2) is 34.2 Å². The van der Waals surface area contributed by atoms with Crippen LogP contribution >= 0.6 is 0 Å². The molecule has 0 saturated carbocycles. The molecule has 0 aliphatic rings. The first-order valence-corrected chi connectivity index (χ1v) is 16.6. The quantitative estimate of drug-likeness (QED) is 0.0737. The number of hydrogen-bond donors (Lipinski definition) is 0.